The average Bonchev–Trinajstić information content (AvgIpc) is 2.75. The molecule has 3 atom stereocenters. The van der Waals surface area contributed by atoms with Crippen LogP contribution >= 0.6 is 11.8 Å². The summed E-state index contributed by atoms with van der Waals surface area (Å²) < 4.78 is 4.86. The van der Waals surface area contributed by atoms with Crippen LogP contribution in [0.4, 0.5) is 0 Å². The minimum absolute atomic E-state index is 0.0200. The standard InChI is InChI=1S/C13H15NO2S/c1-16-12(15)9-8-17-13-6-3-2-4-11(13)14-7-5-10(9)13/h2-4,6,9-10H,5,7-8H2,1H3. The van der Waals surface area contributed by atoms with Crippen LogP contribution in [0, 0.1) is 11.8 Å². The Balaban J connectivity index is 1.98. The van der Waals surface area contributed by atoms with E-state index >= 15 is 0 Å². The SMILES string of the molecule is COC(=O)C1CSC23C=CC=CC2=NCCC13. The molecule has 0 aromatic carbocycles. The lowest BCUT2D eigenvalue weighted by atomic mass is 9.74. The van der Waals surface area contributed by atoms with Crippen LogP contribution in [0.3, 0.4) is 0 Å². The summed E-state index contributed by atoms with van der Waals surface area (Å²) in [6.07, 6.45) is 9.37. The summed E-state index contributed by atoms with van der Waals surface area (Å²) in [7, 11) is 1.48. The minimum atomic E-state index is -0.0661. The molecular weight excluding hydrogens is 234 g/mol. The quantitative estimate of drug-likeness (QED) is 0.666. The Bertz CT molecular complexity index is 441. The molecule has 0 amide bonds. The summed E-state index contributed by atoms with van der Waals surface area (Å²) in [4.78, 5) is 16.4. The zero-order chi connectivity index (χ0) is 11.9. The number of carbonyl (C=O) groups is 1. The molecule has 1 spiro atoms. The van der Waals surface area contributed by atoms with Gasteiger partial charge in [-0.25, -0.2) is 0 Å². The molecule has 1 aliphatic carbocycles. The second kappa shape index (κ2) is 4.02. The van der Waals surface area contributed by atoms with Crippen molar-refractivity contribution in [3.05, 3.63) is 24.3 Å². The lowest BCUT2D eigenvalue weighted by molar-refractivity contribution is -0.146. The van der Waals surface area contributed by atoms with E-state index in [-0.39, 0.29) is 16.6 Å². The van der Waals surface area contributed by atoms with Crippen LogP contribution in [-0.2, 0) is 9.53 Å². The first-order valence-corrected chi connectivity index (χ1v) is 6.89. The molecule has 17 heavy (non-hydrogen) atoms. The van der Waals surface area contributed by atoms with Crippen molar-refractivity contribution in [2.75, 3.05) is 19.4 Å². The molecule has 0 aromatic rings. The molecule has 3 rings (SSSR count). The van der Waals surface area contributed by atoms with Crippen LogP contribution in [0.5, 0.6) is 0 Å². The van der Waals surface area contributed by atoms with Crippen molar-refractivity contribution in [2.24, 2.45) is 16.8 Å². The number of hydrogen-bond donors (Lipinski definition) is 0. The molecule has 0 N–H and O–H groups in total. The number of hydrogen-bond acceptors (Lipinski definition) is 4. The Morgan fingerprint density at radius 3 is 3.29 bits per heavy atom. The summed E-state index contributed by atoms with van der Waals surface area (Å²) in [5, 5.41) is 0. The summed E-state index contributed by atoms with van der Waals surface area (Å²) in [5.74, 6) is 1.14. The lowest BCUT2D eigenvalue weighted by Gasteiger charge is -2.37. The van der Waals surface area contributed by atoms with Crippen molar-refractivity contribution in [3.63, 3.8) is 0 Å². The third kappa shape index (κ3) is 1.50. The van der Waals surface area contributed by atoms with E-state index in [1.165, 1.54) is 7.11 Å². The number of methoxy groups -OCH3 is 1. The van der Waals surface area contributed by atoms with Crippen LogP contribution in [0.25, 0.3) is 0 Å². The Labute approximate surface area is 105 Å². The number of thioether (sulfide) groups is 1. The largest absolute Gasteiger partial charge is 0.469 e. The number of rotatable bonds is 1. The molecule has 0 bridgehead atoms. The molecule has 3 unspecified atom stereocenters. The maximum absolute atomic E-state index is 11.8. The Morgan fingerprint density at radius 2 is 2.47 bits per heavy atom. The van der Waals surface area contributed by atoms with E-state index in [2.05, 4.69) is 23.2 Å². The third-order valence-corrected chi connectivity index (χ3v) is 5.53. The fourth-order valence-electron chi connectivity index (χ4n) is 3.05. The van der Waals surface area contributed by atoms with Crippen LogP contribution in [-0.4, -0.2) is 35.8 Å². The summed E-state index contributed by atoms with van der Waals surface area (Å²) in [6.45, 7) is 0.827. The van der Waals surface area contributed by atoms with E-state index in [4.69, 9.17) is 4.74 Å². The van der Waals surface area contributed by atoms with Gasteiger partial charge < -0.3 is 4.74 Å². The van der Waals surface area contributed by atoms with Crippen molar-refractivity contribution in [3.8, 4) is 0 Å². The lowest BCUT2D eigenvalue weighted by Crippen LogP contribution is -2.44. The normalized spacial score (nSPS) is 38.3. The fourth-order valence-corrected chi connectivity index (χ4v) is 4.82. The van der Waals surface area contributed by atoms with Crippen LogP contribution in [0.15, 0.2) is 29.3 Å². The molecule has 90 valence electrons. The Kier molecular flexibility index (Phi) is 2.62. The number of aliphatic imine (C=N–C) groups is 1. The van der Waals surface area contributed by atoms with Gasteiger partial charge in [-0.15, -0.1) is 11.8 Å². The Hall–Kier alpha value is -1.03. The molecule has 1 fully saturated rings. The molecule has 4 heteroatoms. The molecule has 3 nitrogen and oxygen atoms in total. The van der Waals surface area contributed by atoms with E-state index in [1.54, 1.807) is 0 Å². The molecule has 2 aliphatic heterocycles. The number of ether oxygens (including phenoxy) is 1. The van der Waals surface area contributed by atoms with Crippen LogP contribution < -0.4 is 0 Å². The van der Waals surface area contributed by atoms with Crippen molar-refractivity contribution in [1.82, 2.24) is 0 Å². The van der Waals surface area contributed by atoms with Gasteiger partial charge in [0, 0.05) is 12.3 Å². The van der Waals surface area contributed by atoms with E-state index in [1.807, 2.05) is 17.8 Å². The zero-order valence-corrected chi connectivity index (χ0v) is 10.6. The summed E-state index contributed by atoms with van der Waals surface area (Å²) >= 11 is 1.84. The van der Waals surface area contributed by atoms with Gasteiger partial charge in [0.1, 0.15) is 0 Å². The van der Waals surface area contributed by atoms with E-state index in [0.717, 1.165) is 24.4 Å². The second-order valence-corrected chi connectivity index (χ2v) is 5.91. The predicted octanol–water partition coefficient (Wildman–Crippen LogP) is 1.85. The van der Waals surface area contributed by atoms with Crippen molar-refractivity contribution in [2.45, 2.75) is 11.2 Å². The monoisotopic (exact) mass is 249 g/mol. The average molecular weight is 249 g/mol. The van der Waals surface area contributed by atoms with Crippen LogP contribution in [0.1, 0.15) is 6.42 Å². The van der Waals surface area contributed by atoms with Crippen molar-refractivity contribution in [1.29, 1.82) is 0 Å². The predicted molar refractivity (Wildman–Crippen MR) is 69.4 cm³/mol. The van der Waals surface area contributed by atoms with Gasteiger partial charge in [0.05, 0.1) is 23.5 Å². The smallest absolute Gasteiger partial charge is 0.309 e. The third-order valence-electron chi connectivity index (χ3n) is 3.87. The molecular formula is C13H15NO2S. The van der Waals surface area contributed by atoms with Gasteiger partial charge in [-0.1, -0.05) is 18.2 Å². The van der Waals surface area contributed by atoms with Gasteiger partial charge in [0.2, 0.25) is 0 Å². The topological polar surface area (TPSA) is 38.7 Å². The van der Waals surface area contributed by atoms with E-state index < -0.39 is 0 Å². The van der Waals surface area contributed by atoms with Gasteiger partial charge in [-0.05, 0) is 18.4 Å². The highest BCUT2D eigenvalue weighted by atomic mass is 32.2. The maximum atomic E-state index is 11.8. The molecule has 0 aromatic heterocycles. The van der Waals surface area contributed by atoms with E-state index in [9.17, 15) is 4.79 Å². The van der Waals surface area contributed by atoms with E-state index in [0.29, 0.717) is 5.92 Å². The molecule has 0 radical (unpaired) electrons. The summed E-state index contributed by atoms with van der Waals surface area (Å²) in [5.41, 5.74) is 1.13. The molecule has 0 saturated carbocycles. The Morgan fingerprint density at radius 1 is 1.59 bits per heavy atom. The highest BCUT2D eigenvalue weighted by Gasteiger charge is 2.54. The zero-order valence-electron chi connectivity index (χ0n) is 9.76. The molecule has 3 aliphatic rings. The van der Waals surface area contributed by atoms with Gasteiger partial charge in [0.15, 0.2) is 0 Å². The van der Waals surface area contributed by atoms with Gasteiger partial charge >= 0.3 is 5.97 Å². The van der Waals surface area contributed by atoms with Crippen molar-refractivity contribution < 1.29 is 9.53 Å². The number of carbonyl (C=O) groups excluding carboxylic acids is 1. The van der Waals surface area contributed by atoms with Gasteiger partial charge in [-0.2, -0.15) is 0 Å². The molecule has 1 saturated heterocycles. The first-order chi connectivity index (χ1) is 8.28. The van der Waals surface area contributed by atoms with Gasteiger partial charge in [0.25, 0.3) is 0 Å². The second-order valence-electron chi connectivity index (χ2n) is 4.61. The summed E-state index contributed by atoms with van der Waals surface area (Å²) in [6, 6.07) is 0. The van der Waals surface area contributed by atoms with Crippen molar-refractivity contribution >= 4 is 23.4 Å². The minimum Gasteiger partial charge on any atom is -0.469 e. The highest BCUT2D eigenvalue weighted by molar-refractivity contribution is 8.02. The fraction of sp³-hybridized carbons (Fsp3) is 0.538. The number of nitrogens with zero attached hydrogens (tertiary/aromatic N) is 1. The van der Waals surface area contributed by atoms with Crippen LogP contribution in [0.2, 0.25) is 0 Å². The number of esters is 1. The highest BCUT2D eigenvalue weighted by Crippen LogP contribution is 2.52. The maximum Gasteiger partial charge on any atom is 0.309 e. The number of allylic oxidation sites excluding steroid dienone is 3. The molecule has 2 heterocycles. The first-order valence-electron chi connectivity index (χ1n) is 5.90. The van der Waals surface area contributed by atoms with Gasteiger partial charge in [-0.3, -0.25) is 9.79 Å². The first kappa shape index (κ1) is 11.1.